The van der Waals surface area contributed by atoms with Crippen molar-refractivity contribution < 1.29 is 14.7 Å². The van der Waals surface area contributed by atoms with Crippen molar-refractivity contribution in [2.45, 2.75) is 39.2 Å². The maximum absolute atomic E-state index is 12.1. The van der Waals surface area contributed by atoms with Crippen LogP contribution >= 0.6 is 0 Å². The van der Waals surface area contributed by atoms with Crippen LogP contribution < -0.4 is 5.32 Å². The third-order valence-corrected chi connectivity index (χ3v) is 3.06. The first-order chi connectivity index (χ1) is 8.25. The van der Waals surface area contributed by atoms with E-state index in [2.05, 4.69) is 5.32 Å². The first kappa shape index (κ1) is 14.2. The Hall–Kier alpha value is -1.84. The molecule has 0 bridgehead atoms. The number of amides is 1. The Morgan fingerprint density at radius 2 is 1.72 bits per heavy atom. The molecule has 0 radical (unpaired) electrons. The molecule has 1 rings (SSSR count). The number of rotatable bonds is 4. The second kappa shape index (κ2) is 5.21. The number of carbonyl (C=O) groups is 2. The van der Waals surface area contributed by atoms with Gasteiger partial charge in [-0.2, -0.15) is 0 Å². The lowest BCUT2D eigenvalue weighted by molar-refractivity contribution is -0.142. The number of aryl methyl sites for hydroxylation is 1. The summed E-state index contributed by atoms with van der Waals surface area (Å²) in [4.78, 5) is 22.8. The number of nitrogens with one attached hydrogen (secondary N) is 1. The minimum Gasteiger partial charge on any atom is -0.480 e. The Morgan fingerprint density at radius 1 is 1.22 bits per heavy atom. The van der Waals surface area contributed by atoms with Crippen LogP contribution in [0.2, 0.25) is 0 Å². The van der Waals surface area contributed by atoms with E-state index in [1.807, 2.05) is 31.2 Å². The molecule has 18 heavy (non-hydrogen) atoms. The zero-order valence-corrected chi connectivity index (χ0v) is 11.2. The van der Waals surface area contributed by atoms with Crippen LogP contribution in [0.5, 0.6) is 0 Å². The van der Waals surface area contributed by atoms with Crippen LogP contribution in [0.1, 0.15) is 31.9 Å². The number of carboxylic acids is 1. The SMILES string of the molecule is Cc1ccc(C(C)(C)C(=O)N[C@@H](C)C(=O)O)cc1. The summed E-state index contributed by atoms with van der Waals surface area (Å²) in [5.74, 6) is -1.33. The molecule has 0 saturated heterocycles. The number of hydrogen-bond acceptors (Lipinski definition) is 2. The number of benzene rings is 1. The van der Waals surface area contributed by atoms with Gasteiger partial charge >= 0.3 is 5.97 Å². The van der Waals surface area contributed by atoms with Crippen molar-refractivity contribution in [3.63, 3.8) is 0 Å². The van der Waals surface area contributed by atoms with E-state index in [0.29, 0.717) is 0 Å². The fraction of sp³-hybridized carbons (Fsp3) is 0.429. The van der Waals surface area contributed by atoms with Gasteiger partial charge in [0, 0.05) is 0 Å². The fourth-order valence-electron chi connectivity index (χ4n) is 1.54. The van der Waals surface area contributed by atoms with Crippen LogP contribution in [-0.4, -0.2) is 23.0 Å². The molecule has 1 amide bonds. The van der Waals surface area contributed by atoms with Gasteiger partial charge in [-0.25, -0.2) is 0 Å². The van der Waals surface area contributed by atoms with Crippen LogP contribution in [0.25, 0.3) is 0 Å². The highest BCUT2D eigenvalue weighted by atomic mass is 16.4. The lowest BCUT2D eigenvalue weighted by Gasteiger charge is -2.25. The van der Waals surface area contributed by atoms with Gasteiger partial charge in [0.25, 0.3) is 0 Å². The maximum Gasteiger partial charge on any atom is 0.325 e. The van der Waals surface area contributed by atoms with E-state index in [-0.39, 0.29) is 5.91 Å². The van der Waals surface area contributed by atoms with E-state index in [4.69, 9.17) is 5.11 Å². The quantitative estimate of drug-likeness (QED) is 0.856. The predicted octanol–water partition coefficient (Wildman–Crippen LogP) is 1.86. The third kappa shape index (κ3) is 3.09. The average molecular weight is 249 g/mol. The highest BCUT2D eigenvalue weighted by Crippen LogP contribution is 2.23. The molecule has 1 atom stereocenters. The molecule has 1 aromatic carbocycles. The monoisotopic (exact) mass is 249 g/mol. The molecular formula is C14H19NO3. The summed E-state index contributed by atoms with van der Waals surface area (Å²) in [6, 6.07) is 6.76. The molecule has 4 heteroatoms. The van der Waals surface area contributed by atoms with Crippen LogP contribution in [0, 0.1) is 6.92 Å². The molecule has 0 unspecified atom stereocenters. The Bertz CT molecular complexity index is 449. The van der Waals surface area contributed by atoms with Gasteiger partial charge < -0.3 is 10.4 Å². The van der Waals surface area contributed by atoms with Crippen LogP contribution in [0.4, 0.5) is 0 Å². The largest absolute Gasteiger partial charge is 0.480 e. The Kier molecular flexibility index (Phi) is 4.11. The first-order valence-corrected chi connectivity index (χ1v) is 5.86. The molecular weight excluding hydrogens is 230 g/mol. The molecule has 0 heterocycles. The summed E-state index contributed by atoms with van der Waals surface area (Å²) in [5.41, 5.74) is 1.23. The van der Waals surface area contributed by atoms with Gasteiger partial charge in [0.05, 0.1) is 5.41 Å². The summed E-state index contributed by atoms with van der Waals surface area (Å²) in [5, 5.41) is 11.3. The molecule has 0 aliphatic carbocycles. The normalized spacial score (nSPS) is 12.9. The predicted molar refractivity (Wildman–Crippen MR) is 69.4 cm³/mol. The van der Waals surface area contributed by atoms with Crippen molar-refractivity contribution in [2.75, 3.05) is 0 Å². The molecule has 0 aliphatic heterocycles. The van der Waals surface area contributed by atoms with E-state index in [1.54, 1.807) is 13.8 Å². The average Bonchev–Trinajstić information content (AvgIpc) is 2.29. The van der Waals surface area contributed by atoms with Crippen LogP contribution in [-0.2, 0) is 15.0 Å². The molecule has 1 aromatic rings. The summed E-state index contributed by atoms with van der Waals surface area (Å²) in [6.07, 6.45) is 0. The van der Waals surface area contributed by atoms with Crippen molar-refractivity contribution in [3.8, 4) is 0 Å². The van der Waals surface area contributed by atoms with Crippen LogP contribution in [0.15, 0.2) is 24.3 Å². The highest BCUT2D eigenvalue weighted by Gasteiger charge is 2.31. The second-order valence-electron chi connectivity index (χ2n) is 5.02. The smallest absolute Gasteiger partial charge is 0.325 e. The van der Waals surface area contributed by atoms with Crippen molar-refractivity contribution >= 4 is 11.9 Å². The topological polar surface area (TPSA) is 66.4 Å². The van der Waals surface area contributed by atoms with E-state index in [0.717, 1.165) is 11.1 Å². The zero-order valence-electron chi connectivity index (χ0n) is 11.2. The van der Waals surface area contributed by atoms with Gasteiger partial charge in [0.15, 0.2) is 0 Å². The van der Waals surface area contributed by atoms with Crippen molar-refractivity contribution in [2.24, 2.45) is 0 Å². The molecule has 2 N–H and O–H groups in total. The molecule has 0 aromatic heterocycles. The second-order valence-corrected chi connectivity index (χ2v) is 5.02. The number of carboxylic acid groups (broad SMARTS) is 1. The summed E-state index contributed by atoms with van der Waals surface area (Å²) in [7, 11) is 0. The molecule has 0 fully saturated rings. The van der Waals surface area contributed by atoms with E-state index in [1.165, 1.54) is 6.92 Å². The minimum absolute atomic E-state index is 0.291. The van der Waals surface area contributed by atoms with Gasteiger partial charge in [-0.05, 0) is 33.3 Å². The first-order valence-electron chi connectivity index (χ1n) is 5.86. The van der Waals surface area contributed by atoms with E-state index in [9.17, 15) is 9.59 Å². The Labute approximate surface area is 107 Å². The van der Waals surface area contributed by atoms with Gasteiger partial charge in [0.2, 0.25) is 5.91 Å². The highest BCUT2D eigenvalue weighted by molar-refractivity contribution is 5.90. The lowest BCUT2D eigenvalue weighted by atomic mass is 9.83. The molecule has 0 aliphatic rings. The maximum atomic E-state index is 12.1. The molecule has 0 saturated carbocycles. The molecule has 98 valence electrons. The molecule has 4 nitrogen and oxygen atoms in total. The van der Waals surface area contributed by atoms with Gasteiger partial charge in [-0.3, -0.25) is 9.59 Å². The summed E-state index contributed by atoms with van der Waals surface area (Å²) < 4.78 is 0. The standard InChI is InChI=1S/C14H19NO3/c1-9-5-7-11(8-6-9)14(3,4)13(18)15-10(2)12(16)17/h5-8,10H,1-4H3,(H,15,18)(H,16,17)/t10-/m0/s1. The van der Waals surface area contributed by atoms with E-state index < -0.39 is 17.4 Å². The van der Waals surface area contributed by atoms with Gasteiger partial charge in [-0.15, -0.1) is 0 Å². The number of carbonyl (C=O) groups excluding carboxylic acids is 1. The number of hydrogen-bond donors (Lipinski definition) is 2. The van der Waals surface area contributed by atoms with Crippen molar-refractivity contribution in [1.82, 2.24) is 5.32 Å². The lowest BCUT2D eigenvalue weighted by Crippen LogP contribution is -2.46. The third-order valence-electron chi connectivity index (χ3n) is 3.06. The minimum atomic E-state index is -1.04. The number of aliphatic carboxylic acids is 1. The van der Waals surface area contributed by atoms with Gasteiger partial charge in [0.1, 0.15) is 6.04 Å². The Morgan fingerprint density at radius 3 is 2.17 bits per heavy atom. The van der Waals surface area contributed by atoms with Crippen LogP contribution in [0.3, 0.4) is 0 Å². The van der Waals surface area contributed by atoms with E-state index >= 15 is 0 Å². The fourth-order valence-corrected chi connectivity index (χ4v) is 1.54. The Balaban J connectivity index is 2.89. The van der Waals surface area contributed by atoms with Crippen molar-refractivity contribution in [1.29, 1.82) is 0 Å². The summed E-state index contributed by atoms with van der Waals surface area (Å²) >= 11 is 0. The van der Waals surface area contributed by atoms with Crippen molar-refractivity contribution in [3.05, 3.63) is 35.4 Å². The zero-order chi connectivity index (χ0) is 13.9. The van der Waals surface area contributed by atoms with Gasteiger partial charge in [-0.1, -0.05) is 29.8 Å². The molecule has 0 spiro atoms. The summed E-state index contributed by atoms with van der Waals surface area (Å²) in [6.45, 7) is 6.98.